The van der Waals surface area contributed by atoms with Gasteiger partial charge in [-0.05, 0) is 54.4 Å². The molecular formula is C27H28N3+. The molecule has 0 N–H and O–H groups in total. The van der Waals surface area contributed by atoms with E-state index in [2.05, 4.69) is 122 Å². The third-order valence-electron chi connectivity index (χ3n) is 6.73. The van der Waals surface area contributed by atoms with Crippen LogP contribution in [0, 0.1) is 13.8 Å². The Morgan fingerprint density at radius 1 is 0.800 bits per heavy atom. The summed E-state index contributed by atoms with van der Waals surface area (Å²) in [6, 6.07) is 26.4. The first-order valence-electron chi connectivity index (χ1n) is 10.6. The van der Waals surface area contributed by atoms with Crippen LogP contribution in [0.2, 0.25) is 0 Å². The number of fused-ring (bicyclic) bond motifs is 2. The molecule has 0 aliphatic carbocycles. The van der Waals surface area contributed by atoms with Crippen LogP contribution in [0.15, 0.2) is 72.8 Å². The second kappa shape index (κ2) is 6.88. The van der Waals surface area contributed by atoms with E-state index in [1.54, 1.807) is 0 Å². The lowest BCUT2D eigenvalue weighted by molar-refractivity contribution is -0.666. The molecule has 3 aromatic carbocycles. The standard InChI is InChI=1S/C27H28N3/c1-18-11-10-16-25(28(18)4)27-19(2)26(17-21-12-6-7-13-22(21)27)30-20(3)29(5)23-14-8-9-15-24(23)30/h6-17,20H,1-5H3/q+1/t20-/m1/s1. The van der Waals surface area contributed by atoms with Crippen LogP contribution in [-0.4, -0.2) is 13.2 Å². The monoisotopic (exact) mass is 394 g/mol. The van der Waals surface area contributed by atoms with E-state index < -0.39 is 0 Å². The van der Waals surface area contributed by atoms with Crippen LogP contribution >= 0.6 is 0 Å². The topological polar surface area (TPSA) is 10.4 Å². The zero-order valence-electron chi connectivity index (χ0n) is 18.3. The third kappa shape index (κ3) is 2.62. The van der Waals surface area contributed by atoms with Gasteiger partial charge in [-0.15, -0.1) is 0 Å². The van der Waals surface area contributed by atoms with Crippen molar-refractivity contribution < 1.29 is 4.57 Å². The van der Waals surface area contributed by atoms with Gasteiger partial charge in [-0.2, -0.15) is 4.57 Å². The van der Waals surface area contributed by atoms with E-state index >= 15 is 0 Å². The van der Waals surface area contributed by atoms with Gasteiger partial charge in [-0.25, -0.2) is 0 Å². The molecular weight excluding hydrogens is 366 g/mol. The molecule has 0 unspecified atom stereocenters. The minimum Gasteiger partial charge on any atom is -0.353 e. The molecule has 2 heterocycles. The summed E-state index contributed by atoms with van der Waals surface area (Å²) in [7, 11) is 4.34. The largest absolute Gasteiger partial charge is 0.353 e. The number of anilines is 3. The van der Waals surface area contributed by atoms with Crippen molar-refractivity contribution in [2.75, 3.05) is 16.8 Å². The number of para-hydroxylation sites is 2. The fourth-order valence-electron chi connectivity index (χ4n) is 4.83. The molecule has 1 aliphatic rings. The number of aromatic nitrogens is 1. The second-order valence-corrected chi connectivity index (χ2v) is 8.33. The lowest BCUT2D eigenvalue weighted by Gasteiger charge is -2.30. The average molecular weight is 395 g/mol. The highest BCUT2D eigenvalue weighted by atomic mass is 15.4. The van der Waals surface area contributed by atoms with Crippen LogP contribution in [0.4, 0.5) is 17.1 Å². The van der Waals surface area contributed by atoms with Crippen molar-refractivity contribution in [3.05, 3.63) is 84.1 Å². The first kappa shape index (κ1) is 18.7. The van der Waals surface area contributed by atoms with Crippen molar-refractivity contribution in [2.45, 2.75) is 26.9 Å². The summed E-state index contributed by atoms with van der Waals surface area (Å²) >= 11 is 0. The fraction of sp³-hybridized carbons (Fsp3) is 0.222. The number of benzene rings is 3. The van der Waals surface area contributed by atoms with Gasteiger partial charge < -0.3 is 9.80 Å². The maximum absolute atomic E-state index is 2.48. The van der Waals surface area contributed by atoms with E-state index in [0.29, 0.717) is 0 Å². The van der Waals surface area contributed by atoms with Crippen LogP contribution in [0.3, 0.4) is 0 Å². The Balaban J connectivity index is 1.84. The van der Waals surface area contributed by atoms with Crippen LogP contribution in [0.1, 0.15) is 18.2 Å². The van der Waals surface area contributed by atoms with E-state index in [-0.39, 0.29) is 6.17 Å². The van der Waals surface area contributed by atoms with Gasteiger partial charge in [0.2, 0.25) is 5.69 Å². The van der Waals surface area contributed by atoms with E-state index in [0.717, 1.165) is 0 Å². The quantitative estimate of drug-likeness (QED) is 0.393. The lowest BCUT2D eigenvalue weighted by Crippen LogP contribution is -2.36. The minimum absolute atomic E-state index is 0.251. The Kier molecular flexibility index (Phi) is 4.28. The SMILES string of the molecule is Cc1c(N2c3ccccc3N(C)[C@H]2C)cc2ccccc2c1-c1cccc(C)[n+]1C. The molecule has 1 atom stereocenters. The lowest BCUT2D eigenvalue weighted by atomic mass is 9.94. The molecule has 0 fully saturated rings. The molecule has 5 rings (SSSR count). The highest BCUT2D eigenvalue weighted by molar-refractivity contribution is 6.02. The van der Waals surface area contributed by atoms with E-state index in [9.17, 15) is 0 Å². The first-order chi connectivity index (χ1) is 14.5. The van der Waals surface area contributed by atoms with Crippen molar-refractivity contribution in [3.8, 4) is 11.3 Å². The van der Waals surface area contributed by atoms with E-state index in [1.807, 2.05) is 0 Å². The van der Waals surface area contributed by atoms with Crippen molar-refractivity contribution in [1.82, 2.24) is 0 Å². The zero-order chi connectivity index (χ0) is 21.0. The summed E-state index contributed by atoms with van der Waals surface area (Å²) in [6.07, 6.45) is 0.251. The fourth-order valence-corrected chi connectivity index (χ4v) is 4.83. The van der Waals surface area contributed by atoms with Crippen molar-refractivity contribution >= 4 is 27.8 Å². The molecule has 0 saturated heterocycles. The molecule has 0 radical (unpaired) electrons. The summed E-state index contributed by atoms with van der Waals surface area (Å²) in [6.45, 7) is 6.71. The summed E-state index contributed by atoms with van der Waals surface area (Å²) < 4.78 is 2.30. The molecule has 1 aromatic heterocycles. The van der Waals surface area contributed by atoms with Gasteiger partial charge >= 0.3 is 0 Å². The number of rotatable bonds is 2. The molecule has 150 valence electrons. The van der Waals surface area contributed by atoms with Gasteiger partial charge in [0.25, 0.3) is 0 Å². The predicted octanol–water partition coefficient (Wildman–Crippen LogP) is 5.88. The maximum Gasteiger partial charge on any atom is 0.213 e. The van der Waals surface area contributed by atoms with Crippen LogP contribution in [0.5, 0.6) is 0 Å². The Morgan fingerprint density at radius 3 is 2.30 bits per heavy atom. The maximum atomic E-state index is 2.48. The number of aryl methyl sites for hydroxylation is 1. The summed E-state index contributed by atoms with van der Waals surface area (Å²) in [4.78, 5) is 4.84. The van der Waals surface area contributed by atoms with Gasteiger partial charge in [-0.3, -0.25) is 0 Å². The molecule has 0 amide bonds. The summed E-state index contributed by atoms with van der Waals surface area (Å²) in [5.74, 6) is 0. The highest BCUT2D eigenvalue weighted by Crippen LogP contribution is 2.47. The molecule has 3 heteroatoms. The van der Waals surface area contributed by atoms with Crippen LogP contribution in [-0.2, 0) is 7.05 Å². The second-order valence-electron chi connectivity index (χ2n) is 8.33. The van der Waals surface area contributed by atoms with E-state index in [1.165, 1.54) is 50.3 Å². The van der Waals surface area contributed by atoms with Gasteiger partial charge in [0, 0.05) is 31.8 Å². The summed E-state index contributed by atoms with van der Waals surface area (Å²) in [5, 5.41) is 2.57. The molecule has 0 saturated carbocycles. The van der Waals surface area contributed by atoms with Gasteiger partial charge in [0.05, 0.1) is 16.9 Å². The average Bonchev–Trinajstić information content (AvgIpc) is 3.01. The number of hydrogen-bond donors (Lipinski definition) is 0. The first-order valence-corrected chi connectivity index (χ1v) is 10.6. The minimum atomic E-state index is 0.251. The van der Waals surface area contributed by atoms with Gasteiger partial charge in [0.15, 0.2) is 5.69 Å². The van der Waals surface area contributed by atoms with Crippen LogP contribution < -0.4 is 14.4 Å². The Morgan fingerprint density at radius 2 is 1.50 bits per heavy atom. The number of nitrogens with zero attached hydrogens (tertiary/aromatic N) is 3. The van der Waals surface area contributed by atoms with Gasteiger partial charge in [0.1, 0.15) is 13.2 Å². The predicted molar refractivity (Wildman–Crippen MR) is 126 cm³/mol. The van der Waals surface area contributed by atoms with Crippen LogP contribution in [0.25, 0.3) is 22.0 Å². The molecule has 3 nitrogen and oxygen atoms in total. The zero-order valence-corrected chi connectivity index (χ0v) is 18.3. The smallest absolute Gasteiger partial charge is 0.213 e. The molecule has 1 aliphatic heterocycles. The third-order valence-corrected chi connectivity index (χ3v) is 6.73. The Labute approximate surface area is 178 Å². The van der Waals surface area contributed by atoms with Crippen molar-refractivity contribution in [1.29, 1.82) is 0 Å². The molecule has 0 bridgehead atoms. The van der Waals surface area contributed by atoms with Gasteiger partial charge in [-0.1, -0.05) is 36.4 Å². The van der Waals surface area contributed by atoms with Crippen molar-refractivity contribution in [3.63, 3.8) is 0 Å². The number of pyridine rings is 1. The molecule has 30 heavy (non-hydrogen) atoms. The number of hydrogen-bond acceptors (Lipinski definition) is 2. The highest BCUT2D eigenvalue weighted by Gasteiger charge is 2.33. The summed E-state index contributed by atoms with van der Waals surface area (Å²) in [5.41, 5.74) is 8.95. The molecule has 4 aromatic rings. The Bertz CT molecular complexity index is 1270. The van der Waals surface area contributed by atoms with E-state index in [4.69, 9.17) is 0 Å². The Hall–Kier alpha value is -3.33. The van der Waals surface area contributed by atoms with Crippen molar-refractivity contribution in [2.24, 2.45) is 7.05 Å². The normalized spacial score (nSPS) is 15.7. The molecule has 0 spiro atoms.